The summed E-state index contributed by atoms with van der Waals surface area (Å²) in [6.07, 6.45) is 0. The molecule has 3 heteroatoms. The highest BCUT2D eigenvalue weighted by Crippen LogP contribution is 2.56. The van der Waals surface area contributed by atoms with Crippen molar-refractivity contribution in [2.75, 3.05) is 4.90 Å². The third-order valence-electron chi connectivity index (χ3n) is 13.4. The number of benzene rings is 10. The first kappa shape index (κ1) is 36.7. The van der Waals surface area contributed by atoms with Gasteiger partial charge in [-0.15, -0.1) is 11.3 Å². The second kappa shape index (κ2) is 14.6. The second-order valence-corrected chi connectivity index (χ2v) is 17.9. The van der Waals surface area contributed by atoms with E-state index in [1.54, 1.807) is 0 Å². The van der Waals surface area contributed by atoms with Crippen molar-refractivity contribution < 1.29 is 4.42 Å². The molecule has 0 aliphatic heterocycles. The van der Waals surface area contributed by atoms with Gasteiger partial charge in [0, 0.05) is 48.0 Å². The molecule has 0 unspecified atom stereocenters. The van der Waals surface area contributed by atoms with Crippen molar-refractivity contribution in [1.29, 1.82) is 0 Å². The summed E-state index contributed by atoms with van der Waals surface area (Å²) in [5, 5.41) is 4.87. The van der Waals surface area contributed by atoms with Crippen LogP contribution in [0.4, 0.5) is 17.1 Å². The maximum atomic E-state index is 6.17. The summed E-state index contributed by atoms with van der Waals surface area (Å²) in [7, 11) is 0. The lowest BCUT2D eigenvalue weighted by Crippen LogP contribution is -2.28. The van der Waals surface area contributed by atoms with Crippen LogP contribution >= 0.6 is 11.3 Å². The molecule has 1 aliphatic carbocycles. The first-order valence-corrected chi connectivity index (χ1v) is 22.7. The van der Waals surface area contributed by atoms with Gasteiger partial charge < -0.3 is 9.32 Å². The van der Waals surface area contributed by atoms with Gasteiger partial charge in [-0.25, -0.2) is 0 Å². The van der Waals surface area contributed by atoms with E-state index in [0.717, 1.165) is 50.1 Å². The molecule has 2 aromatic heterocycles. The normalized spacial score (nSPS) is 12.8. The number of rotatable bonds is 7. The molecule has 2 heterocycles. The van der Waals surface area contributed by atoms with Crippen molar-refractivity contribution in [3.8, 4) is 33.4 Å². The smallest absolute Gasteiger partial charge is 0.135 e. The van der Waals surface area contributed by atoms with Crippen molar-refractivity contribution in [2.24, 2.45) is 0 Å². The fourth-order valence-electron chi connectivity index (χ4n) is 10.5. The highest BCUT2D eigenvalue weighted by Gasteiger charge is 2.45. The minimum atomic E-state index is -0.467. The maximum absolute atomic E-state index is 6.17. The summed E-state index contributed by atoms with van der Waals surface area (Å²) in [5.74, 6) is 0. The van der Waals surface area contributed by atoms with Crippen LogP contribution in [0, 0.1) is 0 Å². The number of fused-ring (bicyclic) bond motifs is 9. The number of hydrogen-bond acceptors (Lipinski definition) is 3. The average molecular weight is 834 g/mol. The average Bonchev–Trinajstić information content (AvgIpc) is 4.03. The van der Waals surface area contributed by atoms with Crippen LogP contribution < -0.4 is 4.90 Å². The van der Waals surface area contributed by atoms with Crippen LogP contribution in [0.15, 0.2) is 241 Å². The van der Waals surface area contributed by atoms with Gasteiger partial charge in [-0.1, -0.05) is 164 Å². The van der Waals surface area contributed by atoms with Crippen LogP contribution in [0.5, 0.6) is 0 Å². The van der Waals surface area contributed by atoms with Gasteiger partial charge in [-0.3, -0.25) is 0 Å². The molecule has 0 amide bonds. The van der Waals surface area contributed by atoms with Gasteiger partial charge in [0.05, 0.1) is 5.41 Å². The second-order valence-electron chi connectivity index (χ2n) is 16.8. The van der Waals surface area contributed by atoms with Crippen LogP contribution in [-0.2, 0) is 5.41 Å². The maximum Gasteiger partial charge on any atom is 0.135 e. The number of thiophene rings is 1. The van der Waals surface area contributed by atoms with E-state index in [1.807, 2.05) is 23.5 Å². The number of furan rings is 1. The Morgan fingerprint density at radius 3 is 1.66 bits per heavy atom. The highest BCUT2D eigenvalue weighted by atomic mass is 32.1. The summed E-state index contributed by atoms with van der Waals surface area (Å²) in [4.78, 5) is 2.40. The SMILES string of the molecule is c1ccc(C2(c3ccc(N(c4ccc(-c5ccc6oc7ccccc7c6c5)cc4)c4cccc(-c5ccc6sc7ccccc7c6c5)c4)cc3)c3ccccc3-c3ccccc32)cc1. The lowest BCUT2D eigenvalue weighted by molar-refractivity contribution is 0.669. The first-order valence-electron chi connectivity index (χ1n) is 21.9. The molecule has 0 N–H and O–H groups in total. The van der Waals surface area contributed by atoms with E-state index in [1.165, 1.54) is 64.7 Å². The fraction of sp³-hybridized carbons (Fsp3) is 0.0164. The number of nitrogens with zero attached hydrogens (tertiary/aromatic N) is 1. The summed E-state index contributed by atoms with van der Waals surface area (Å²) in [6.45, 7) is 0. The number of anilines is 3. The zero-order chi connectivity index (χ0) is 42.2. The van der Waals surface area contributed by atoms with Crippen LogP contribution in [0.1, 0.15) is 22.3 Å². The molecule has 0 fully saturated rings. The first-order chi connectivity index (χ1) is 31.7. The van der Waals surface area contributed by atoms with Crippen molar-refractivity contribution >= 4 is 70.5 Å². The van der Waals surface area contributed by atoms with E-state index in [0.29, 0.717) is 0 Å². The molecular weight excluding hydrogens is 795 g/mol. The monoisotopic (exact) mass is 833 g/mol. The van der Waals surface area contributed by atoms with Gasteiger partial charge in [0.15, 0.2) is 0 Å². The third kappa shape index (κ3) is 5.64. The minimum absolute atomic E-state index is 0.467. The molecule has 300 valence electrons. The van der Waals surface area contributed by atoms with Gasteiger partial charge in [-0.2, -0.15) is 0 Å². The molecule has 0 radical (unpaired) electrons. The quantitative estimate of drug-likeness (QED) is 0.159. The molecule has 0 bridgehead atoms. The zero-order valence-electron chi connectivity index (χ0n) is 34.8. The Labute approximate surface area is 375 Å². The largest absolute Gasteiger partial charge is 0.456 e. The fourth-order valence-corrected chi connectivity index (χ4v) is 11.5. The molecular formula is C61H39NOS. The van der Waals surface area contributed by atoms with E-state index < -0.39 is 5.41 Å². The Bertz CT molecular complexity index is 3680. The molecule has 0 spiro atoms. The molecule has 0 atom stereocenters. The minimum Gasteiger partial charge on any atom is -0.456 e. The van der Waals surface area contributed by atoms with Crippen LogP contribution in [0.25, 0.3) is 75.5 Å². The van der Waals surface area contributed by atoms with Crippen molar-refractivity contribution in [3.05, 3.63) is 259 Å². The van der Waals surface area contributed by atoms with Crippen LogP contribution in [0.2, 0.25) is 0 Å². The molecule has 12 aromatic rings. The Hall–Kier alpha value is -7.98. The van der Waals surface area contributed by atoms with E-state index in [2.05, 4.69) is 229 Å². The highest BCUT2D eigenvalue weighted by molar-refractivity contribution is 7.25. The molecule has 0 saturated carbocycles. The predicted octanol–water partition coefficient (Wildman–Crippen LogP) is 17.1. The lowest BCUT2D eigenvalue weighted by atomic mass is 9.68. The molecule has 2 nitrogen and oxygen atoms in total. The third-order valence-corrected chi connectivity index (χ3v) is 14.5. The van der Waals surface area contributed by atoms with Crippen molar-refractivity contribution in [1.82, 2.24) is 0 Å². The lowest BCUT2D eigenvalue weighted by Gasteiger charge is -2.34. The molecule has 0 saturated heterocycles. The number of para-hydroxylation sites is 1. The van der Waals surface area contributed by atoms with Crippen LogP contribution in [0.3, 0.4) is 0 Å². The molecule has 13 rings (SSSR count). The topological polar surface area (TPSA) is 16.4 Å². The van der Waals surface area contributed by atoms with Gasteiger partial charge >= 0.3 is 0 Å². The van der Waals surface area contributed by atoms with Crippen molar-refractivity contribution in [3.63, 3.8) is 0 Å². The molecule has 64 heavy (non-hydrogen) atoms. The molecule has 1 aliphatic rings. The predicted molar refractivity (Wildman–Crippen MR) is 269 cm³/mol. The Balaban J connectivity index is 0.953. The summed E-state index contributed by atoms with van der Waals surface area (Å²) in [5.41, 5.74) is 17.0. The Morgan fingerprint density at radius 1 is 0.328 bits per heavy atom. The zero-order valence-corrected chi connectivity index (χ0v) is 35.6. The van der Waals surface area contributed by atoms with E-state index in [-0.39, 0.29) is 0 Å². The Morgan fingerprint density at radius 2 is 0.875 bits per heavy atom. The standard InChI is InChI=1S/C61H39NOS/c1-2-14-44(15-3-1)61(55-21-8-4-17-49(55)50-18-5-9-22-56(50)61)45-29-33-47(34-30-45)62(46-31-25-40(26-32-46)42-27-35-58-53(38-42)51-19-6-10-23-57(51)63-58)48-16-12-13-41(37-48)43-28-36-60-54(39-43)52-20-7-11-24-59(52)64-60/h1-39H. The number of hydrogen-bond donors (Lipinski definition) is 0. The van der Waals surface area contributed by atoms with Gasteiger partial charge in [-0.05, 0) is 128 Å². The van der Waals surface area contributed by atoms with E-state index >= 15 is 0 Å². The molecule has 10 aromatic carbocycles. The van der Waals surface area contributed by atoms with Gasteiger partial charge in [0.1, 0.15) is 11.2 Å². The van der Waals surface area contributed by atoms with Crippen LogP contribution in [-0.4, -0.2) is 0 Å². The van der Waals surface area contributed by atoms with E-state index in [4.69, 9.17) is 4.42 Å². The summed E-state index contributed by atoms with van der Waals surface area (Å²) < 4.78 is 8.80. The summed E-state index contributed by atoms with van der Waals surface area (Å²) >= 11 is 1.86. The van der Waals surface area contributed by atoms with Gasteiger partial charge in [0.25, 0.3) is 0 Å². The van der Waals surface area contributed by atoms with E-state index in [9.17, 15) is 0 Å². The summed E-state index contributed by atoms with van der Waals surface area (Å²) in [6, 6.07) is 86.7. The van der Waals surface area contributed by atoms with Crippen molar-refractivity contribution in [2.45, 2.75) is 5.41 Å². The Kier molecular flexibility index (Phi) is 8.34. The van der Waals surface area contributed by atoms with Gasteiger partial charge in [0.2, 0.25) is 0 Å².